The van der Waals surface area contributed by atoms with E-state index in [1.807, 2.05) is 30.3 Å². The molecule has 0 unspecified atom stereocenters. The third-order valence-electron chi connectivity index (χ3n) is 2.40. The molecular weight excluding hydrogens is 266 g/mol. The summed E-state index contributed by atoms with van der Waals surface area (Å²) in [6.45, 7) is 0. The number of rotatable bonds is 1. The van der Waals surface area contributed by atoms with Crippen molar-refractivity contribution in [1.82, 2.24) is 15.0 Å². The van der Waals surface area contributed by atoms with Gasteiger partial charge in [-0.1, -0.05) is 30.3 Å². The Hall–Kier alpha value is -1.68. The normalized spacial score (nSPS) is 10.8. The molecule has 2 heterocycles. The first-order valence-corrected chi connectivity index (χ1v) is 5.68. The second-order valence-electron chi connectivity index (χ2n) is 3.47. The summed E-state index contributed by atoms with van der Waals surface area (Å²) in [5, 5.41) is 0. The summed E-state index contributed by atoms with van der Waals surface area (Å²) in [5.74, 6) is 0.865. The molecule has 0 aliphatic rings. The Morgan fingerprint density at radius 2 is 1.88 bits per heavy atom. The highest BCUT2D eigenvalue weighted by molar-refractivity contribution is 9.10. The molecule has 3 nitrogen and oxygen atoms in total. The molecule has 0 radical (unpaired) electrons. The maximum Gasteiger partial charge on any atom is 0.138 e. The number of hydrogen-bond donors (Lipinski definition) is 1. The van der Waals surface area contributed by atoms with Gasteiger partial charge in [0.05, 0.1) is 16.2 Å². The third kappa shape index (κ3) is 1.51. The zero-order valence-electron chi connectivity index (χ0n) is 8.31. The van der Waals surface area contributed by atoms with E-state index in [0.29, 0.717) is 0 Å². The average molecular weight is 274 g/mol. The highest BCUT2D eigenvalue weighted by atomic mass is 79.9. The standard InChI is InChI=1S/C12H8BrN3/c13-9-6-14-7-10-11(9)16-12(15-10)8-4-2-1-3-5-8/h1-7H,(H,15,16). The number of nitrogens with one attached hydrogen (secondary N) is 1. The molecule has 0 aliphatic heterocycles. The van der Waals surface area contributed by atoms with Gasteiger partial charge in [0.15, 0.2) is 0 Å². The molecule has 3 rings (SSSR count). The van der Waals surface area contributed by atoms with E-state index in [1.165, 1.54) is 0 Å². The summed E-state index contributed by atoms with van der Waals surface area (Å²) in [5.41, 5.74) is 2.92. The van der Waals surface area contributed by atoms with Crippen LogP contribution < -0.4 is 0 Å². The van der Waals surface area contributed by atoms with Crippen LogP contribution in [0.2, 0.25) is 0 Å². The van der Waals surface area contributed by atoms with Crippen LogP contribution in [0.4, 0.5) is 0 Å². The van der Waals surface area contributed by atoms with E-state index >= 15 is 0 Å². The Balaban J connectivity index is 2.23. The summed E-state index contributed by atoms with van der Waals surface area (Å²) in [6, 6.07) is 10.0. The number of aromatic nitrogens is 3. The first kappa shape index (κ1) is 9.54. The van der Waals surface area contributed by atoms with Crippen molar-refractivity contribution in [3.8, 4) is 11.4 Å². The van der Waals surface area contributed by atoms with E-state index in [9.17, 15) is 0 Å². The smallest absolute Gasteiger partial charge is 0.138 e. The van der Waals surface area contributed by atoms with Crippen LogP contribution in [0.25, 0.3) is 22.4 Å². The van der Waals surface area contributed by atoms with E-state index in [1.54, 1.807) is 12.4 Å². The topological polar surface area (TPSA) is 41.6 Å². The van der Waals surface area contributed by atoms with Crippen LogP contribution in [-0.2, 0) is 0 Å². The number of imidazole rings is 1. The van der Waals surface area contributed by atoms with Crippen LogP contribution >= 0.6 is 15.9 Å². The Bertz CT molecular complexity index is 631. The van der Waals surface area contributed by atoms with Crippen molar-refractivity contribution in [3.05, 3.63) is 47.2 Å². The summed E-state index contributed by atoms with van der Waals surface area (Å²) < 4.78 is 0.906. The average Bonchev–Trinajstić information content (AvgIpc) is 2.76. The van der Waals surface area contributed by atoms with Crippen LogP contribution in [0.1, 0.15) is 0 Å². The van der Waals surface area contributed by atoms with Crippen molar-refractivity contribution in [2.45, 2.75) is 0 Å². The maximum absolute atomic E-state index is 4.54. The third-order valence-corrected chi connectivity index (χ3v) is 2.98. The lowest BCUT2D eigenvalue weighted by Crippen LogP contribution is -1.77. The molecule has 0 saturated carbocycles. The van der Waals surface area contributed by atoms with Crippen molar-refractivity contribution in [2.24, 2.45) is 0 Å². The van der Waals surface area contributed by atoms with E-state index in [0.717, 1.165) is 26.9 Å². The first-order chi connectivity index (χ1) is 7.84. The lowest BCUT2D eigenvalue weighted by molar-refractivity contribution is 1.32. The molecule has 2 aromatic heterocycles. The minimum atomic E-state index is 0.865. The Morgan fingerprint density at radius 1 is 1.06 bits per heavy atom. The van der Waals surface area contributed by atoms with Crippen molar-refractivity contribution in [3.63, 3.8) is 0 Å². The quantitative estimate of drug-likeness (QED) is 0.739. The lowest BCUT2D eigenvalue weighted by Gasteiger charge is -1.93. The van der Waals surface area contributed by atoms with Crippen molar-refractivity contribution in [2.75, 3.05) is 0 Å². The minimum Gasteiger partial charge on any atom is -0.337 e. The number of halogens is 1. The van der Waals surface area contributed by atoms with Gasteiger partial charge >= 0.3 is 0 Å². The van der Waals surface area contributed by atoms with Gasteiger partial charge in [0, 0.05) is 11.8 Å². The zero-order valence-corrected chi connectivity index (χ0v) is 9.90. The molecule has 78 valence electrons. The molecule has 1 N–H and O–H groups in total. The van der Waals surface area contributed by atoms with Crippen LogP contribution in [0.5, 0.6) is 0 Å². The van der Waals surface area contributed by atoms with Gasteiger partial charge in [0.25, 0.3) is 0 Å². The fraction of sp³-hybridized carbons (Fsp3) is 0. The fourth-order valence-electron chi connectivity index (χ4n) is 1.63. The van der Waals surface area contributed by atoms with E-state index in [4.69, 9.17) is 0 Å². The molecule has 3 aromatic rings. The monoisotopic (exact) mass is 273 g/mol. The summed E-state index contributed by atoms with van der Waals surface area (Å²) in [4.78, 5) is 11.9. The summed E-state index contributed by atoms with van der Waals surface area (Å²) >= 11 is 3.44. The van der Waals surface area contributed by atoms with Gasteiger partial charge in [-0.2, -0.15) is 0 Å². The van der Waals surface area contributed by atoms with Gasteiger partial charge < -0.3 is 4.98 Å². The first-order valence-electron chi connectivity index (χ1n) is 4.89. The lowest BCUT2D eigenvalue weighted by atomic mass is 10.2. The predicted molar refractivity (Wildman–Crippen MR) is 67.0 cm³/mol. The highest BCUT2D eigenvalue weighted by Crippen LogP contribution is 2.24. The second kappa shape index (κ2) is 3.72. The van der Waals surface area contributed by atoms with Gasteiger partial charge in [0.2, 0.25) is 0 Å². The number of fused-ring (bicyclic) bond motifs is 1. The number of H-pyrrole nitrogens is 1. The molecule has 4 heteroatoms. The van der Waals surface area contributed by atoms with Gasteiger partial charge in [-0.05, 0) is 15.9 Å². The maximum atomic E-state index is 4.54. The molecule has 0 bridgehead atoms. The Labute approximate surface area is 101 Å². The molecule has 0 spiro atoms. The Kier molecular flexibility index (Phi) is 2.22. The zero-order chi connectivity index (χ0) is 11.0. The van der Waals surface area contributed by atoms with Gasteiger partial charge in [0.1, 0.15) is 11.3 Å². The SMILES string of the molecule is Brc1cncc2[nH]c(-c3ccccc3)nc12. The van der Waals surface area contributed by atoms with E-state index < -0.39 is 0 Å². The van der Waals surface area contributed by atoms with Crippen LogP contribution in [0, 0.1) is 0 Å². The number of nitrogens with zero attached hydrogens (tertiary/aromatic N) is 2. The molecule has 16 heavy (non-hydrogen) atoms. The number of hydrogen-bond acceptors (Lipinski definition) is 2. The van der Waals surface area contributed by atoms with Gasteiger partial charge in [-0.25, -0.2) is 4.98 Å². The van der Waals surface area contributed by atoms with Crippen LogP contribution in [0.3, 0.4) is 0 Å². The molecule has 1 aromatic carbocycles. The Morgan fingerprint density at radius 3 is 2.62 bits per heavy atom. The molecule has 0 fully saturated rings. The van der Waals surface area contributed by atoms with Gasteiger partial charge in [-0.15, -0.1) is 0 Å². The van der Waals surface area contributed by atoms with E-state index in [2.05, 4.69) is 30.9 Å². The molecule has 0 atom stereocenters. The molecule has 0 amide bonds. The largest absolute Gasteiger partial charge is 0.337 e. The van der Waals surface area contributed by atoms with Crippen LogP contribution in [-0.4, -0.2) is 15.0 Å². The van der Waals surface area contributed by atoms with E-state index in [-0.39, 0.29) is 0 Å². The van der Waals surface area contributed by atoms with Crippen LogP contribution in [0.15, 0.2) is 47.2 Å². The highest BCUT2D eigenvalue weighted by Gasteiger charge is 2.07. The second-order valence-corrected chi connectivity index (χ2v) is 4.32. The summed E-state index contributed by atoms with van der Waals surface area (Å²) in [6.07, 6.45) is 3.53. The number of pyridine rings is 1. The molecular formula is C12H8BrN3. The van der Waals surface area contributed by atoms with Crippen molar-refractivity contribution >= 4 is 27.0 Å². The predicted octanol–water partition coefficient (Wildman–Crippen LogP) is 3.39. The number of benzene rings is 1. The van der Waals surface area contributed by atoms with Crippen molar-refractivity contribution < 1.29 is 0 Å². The molecule has 0 aliphatic carbocycles. The molecule has 0 saturated heterocycles. The summed E-state index contributed by atoms with van der Waals surface area (Å²) in [7, 11) is 0. The number of aromatic amines is 1. The van der Waals surface area contributed by atoms with Gasteiger partial charge in [-0.3, -0.25) is 4.98 Å². The minimum absolute atomic E-state index is 0.865. The van der Waals surface area contributed by atoms with Crippen molar-refractivity contribution in [1.29, 1.82) is 0 Å². The fourth-order valence-corrected chi connectivity index (χ4v) is 2.05.